The summed E-state index contributed by atoms with van der Waals surface area (Å²) in [6, 6.07) is 71.9. The minimum atomic E-state index is -0.155. The van der Waals surface area contributed by atoms with Gasteiger partial charge in [-0.15, -0.1) is 0 Å². The summed E-state index contributed by atoms with van der Waals surface area (Å²) in [6.45, 7) is 34.3. The van der Waals surface area contributed by atoms with E-state index in [1.807, 2.05) is 12.3 Å². The Morgan fingerprint density at radius 3 is 1.51 bits per heavy atom. The topological polar surface area (TPSA) is 38.5 Å². The second-order valence-corrected chi connectivity index (χ2v) is 27.9. The molecule has 1 aliphatic heterocycles. The Bertz CT molecular complexity index is 4060. The first kappa shape index (κ1) is 55.4. The van der Waals surface area contributed by atoms with Gasteiger partial charge in [0.15, 0.2) is 0 Å². The van der Waals surface area contributed by atoms with Crippen molar-refractivity contribution in [2.45, 2.75) is 131 Å². The van der Waals surface area contributed by atoms with E-state index in [2.05, 4.69) is 324 Å². The Balaban J connectivity index is 1.16. The van der Waals surface area contributed by atoms with E-state index in [0.717, 1.165) is 82.7 Å². The van der Waals surface area contributed by atoms with Gasteiger partial charge in [-0.05, 0) is 69.3 Å². The van der Waals surface area contributed by atoms with Crippen LogP contribution in [-0.4, -0.2) is 14.1 Å². The number of anilines is 6. The summed E-state index contributed by atoms with van der Waals surface area (Å²) in [6.07, 6.45) is 1.95. The molecule has 6 nitrogen and oxygen atoms in total. The number of aromatic nitrogens is 3. The molecule has 0 N–H and O–H groups in total. The maximum atomic E-state index is 7.11. The fourth-order valence-corrected chi connectivity index (χ4v) is 12.0. The molecule has 2 aromatic heterocycles. The van der Waals surface area contributed by atoms with Crippen molar-refractivity contribution >= 4 is 45.3 Å². The first-order chi connectivity index (χ1) is 38.2. The van der Waals surface area contributed by atoms with Gasteiger partial charge in [-0.2, -0.15) is 0 Å². The maximum absolute atomic E-state index is 7.11. The molecular formula is C74H75N5OPt-2. The van der Waals surface area contributed by atoms with E-state index in [4.69, 9.17) is 9.72 Å². The molecule has 414 valence electrons. The van der Waals surface area contributed by atoms with Gasteiger partial charge < -0.3 is 4.90 Å². The van der Waals surface area contributed by atoms with Crippen LogP contribution in [0.3, 0.4) is 0 Å². The van der Waals surface area contributed by atoms with E-state index in [0.29, 0.717) is 11.5 Å². The SMILES string of the molecule is CC(C)(C)c1cc(-n2[c](=[Pt])n(-c3[c-]c(Oc4[c-]c5c(cc4)-c4cc(C(C)(C)C)ccc4N(c4ccccc4)c4ccc(C(C)(C)C)cc4-c4ccccc4N5c4cc(C(C)(C)C)ccn4)ccc3)c3ccccc32)cc(C(C)(C)C)c1. The molecule has 0 aliphatic carbocycles. The van der Waals surface area contributed by atoms with Crippen molar-refractivity contribution in [3.05, 3.63) is 226 Å². The molecule has 0 fully saturated rings. The summed E-state index contributed by atoms with van der Waals surface area (Å²) in [7, 11) is 0. The third-order valence-corrected chi connectivity index (χ3v) is 16.8. The molecule has 11 rings (SSSR count). The number of nitrogens with zero attached hydrogens (tertiary/aromatic N) is 5. The van der Waals surface area contributed by atoms with Crippen LogP contribution in [0.2, 0.25) is 0 Å². The zero-order valence-electron chi connectivity index (χ0n) is 49.8. The summed E-state index contributed by atoms with van der Waals surface area (Å²) in [5.74, 6) is 1.90. The number of ether oxygens (including phenoxy) is 1. The van der Waals surface area contributed by atoms with Crippen molar-refractivity contribution in [2.75, 3.05) is 9.80 Å². The Labute approximate surface area is 492 Å². The Hall–Kier alpha value is -7.53. The van der Waals surface area contributed by atoms with Crippen molar-refractivity contribution in [3.8, 4) is 45.1 Å². The van der Waals surface area contributed by atoms with Crippen molar-refractivity contribution in [2.24, 2.45) is 0 Å². The third-order valence-electron chi connectivity index (χ3n) is 15.7. The van der Waals surface area contributed by atoms with Crippen LogP contribution in [-0.2, 0) is 46.4 Å². The van der Waals surface area contributed by atoms with Gasteiger partial charge in [0, 0.05) is 17.4 Å². The van der Waals surface area contributed by atoms with Gasteiger partial charge in [-0.1, -0.05) is 111 Å². The molecule has 0 saturated carbocycles. The predicted molar refractivity (Wildman–Crippen MR) is 335 cm³/mol. The van der Waals surface area contributed by atoms with Gasteiger partial charge in [0.25, 0.3) is 0 Å². The monoisotopic (exact) mass is 1240 g/mol. The van der Waals surface area contributed by atoms with Crippen molar-refractivity contribution in [1.29, 1.82) is 0 Å². The van der Waals surface area contributed by atoms with Crippen molar-refractivity contribution < 1.29 is 24.1 Å². The number of para-hydroxylation sites is 4. The van der Waals surface area contributed by atoms with Gasteiger partial charge >= 0.3 is 287 Å². The van der Waals surface area contributed by atoms with Crippen molar-refractivity contribution in [1.82, 2.24) is 14.1 Å². The molecule has 3 heterocycles. The van der Waals surface area contributed by atoms with Crippen LogP contribution in [0.25, 0.3) is 44.7 Å². The normalized spacial score (nSPS) is 13.1. The summed E-state index contributed by atoms with van der Waals surface area (Å²) in [5.41, 5.74) is 19.1. The van der Waals surface area contributed by atoms with E-state index in [-0.39, 0.29) is 27.1 Å². The molecule has 0 atom stereocenters. The molecule has 10 aromatic rings. The molecule has 0 saturated heterocycles. The number of fused-ring (bicyclic) bond motifs is 7. The van der Waals surface area contributed by atoms with Crippen LogP contribution in [0.4, 0.5) is 34.3 Å². The Morgan fingerprint density at radius 1 is 0.383 bits per heavy atom. The van der Waals surface area contributed by atoms with Gasteiger partial charge in [0.2, 0.25) is 0 Å². The first-order valence-electron chi connectivity index (χ1n) is 28.4. The van der Waals surface area contributed by atoms with E-state index in [1.165, 1.54) is 27.8 Å². The average molecular weight is 1250 g/mol. The van der Waals surface area contributed by atoms with Gasteiger partial charge in [-0.3, -0.25) is 0 Å². The number of hydrogen-bond acceptors (Lipinski definition) is 4. The van der Waals surface area contributed by atoms with E-state index >= 15 is 0 Å². The van der Waals surface area contributed by atoms with Gasteiger partial charge in [0.05, 0.1) is 5.69 Å². The molecule has 0 amide bonds. The summed E-state index contributed by atoms with van der Waals surface area (Å²) < 4.78 is 12.8. The van der Waals surface area contributed by atoms with Crippen LogP contribution in [0.1, 0.15) is 132 Å². The summed E-state index contributed by atoms with van der Waals surface area (Å²) in [5, 5.41) is 0. The Kier molecular flexibility index (Phi) is 14.0. The standard InChI is InChI=1S/C74H75N5O.Pt/c1-70(2,3)49-32-36-64-61(43-49)59-28-19-20-29-63(59)79(69-45-51(38-39-75-69)72(7,8)9)68-47-58(34-35-60(68)62-44-50(71(4,5)6)33-37-65(62)78(64)54-24-17-16-18-25-54)80-57-27-23-26-55(46-57)76-48-77(67-31-22-21-30-66(67)76)56-41-52(73(10,11)12)40-53(42-56)74(13,14)15;/h16-45H,1-15H3;/q-2;. The van der Waals surface area contributed by atoms with Crippen molar-refractivity contribution in [3.63, 3.8) is 0 Å². The minimum absolute atomic E-state index is 0.0409. The summed E-state index contributed by atoms with van der Waals surface area (Å²) in [4.78, 5) is 10.0. The molecule has 8 aromatic carbocycles. The van der Waals surface area contributed by atoms with Gasteiger partial charge in [0.1, 0.15) is 0 Å². The number of hydrogen-bond donors (Lipinski definition) is 0. The first-order valence-corrected chi connectivity index (χ1v) is 29.5. The van der Waals surface area contributed by atoms with Crippen LogP contribution >= 0.6 is 0 Å². The second kappa shape index (κ2) is 20.5. The molecule has 1 aliphatic rings. The molecular weight excluding hydrogens is 1170 g/mol. The van der Waals surface area contributed by atoms with E-state index < -0.39 is 0 Å². The van der Waals surface area contributed by atoms with Gasteiger partial charge in [-0.25, -0.2) is 0 Å². The van der Waals surface area contributed by atoms with E-state index in [1.54, 1.807) is 0 Å². The molecule has 0 unspecified atom stereocenters. The van der Waals surface area contributed by atoms with Crippen LogP contribution < -0.4 is 14.5 Å². The number of rotatable bonds is 6. The number of benzene rings is 8. The quantitative estimate of drug-likeness (QED) is 0.156. The number of pyridine rings is 1. The van der Waals surface area contributed by atoms with E-state index in [9.17, 15) is 0 Å². The predicted octanol–water partition coefficient (Wildman–Crippen LogP) is 20.4. The fraction of sp³-hybridized carbons (Fsp3) is 0.270. The average Bonchev–Trinajstić information content (AvgIpc) is 3.99. The third kappa shape index (κ3) is 10.7. The molecule has 81 heavy (non-hydrogen) atoms. The van der Waals surface area contributed by atoms with Crippen LogP contribution in [0.15, 0.2) is 182 Å². The Morgan fingerprint density at radius 2 is 0.901 bits per heavy atom. The second-order valence-electron chi connectivity index (χ2n) is 26.9. The molecule has 0 radical (unpaired) electrons. The van der Waals surface area contributed by atoms with Crippen LogP contribution in [0, 0.1) is 15.9 Å². The molecule has 7 heteroatoms. The van der Waals surface area contributed by atoms with Crippen LogP contribution in [0.5, 0.6) is 11.5 Å². The zero-order valence-corrected chi connectivity index (χ0v) is 52.1. The summed E-state index contributed by atoms with van der Waals surface area (Å²) >= 11 is 2.49. The molecule has 0 spiro atoms. The molecule has 0 bridgehead atoms. The number of imidazole rings is 1. The fourth-order valence-electron chi connectivity index (χ4n) is 10.9. The zero-order chi connectivity index (χ0) is 57.6.